The highest BCUT2D eigenvalue weighted by molar-refractivity contribution is 5.92. The fourth-order valence-electron chi connectivity index (χ4n) is 2.77. The lowest BCUT2D eigenvalue weighted by Crippen LogP contribution is -2.19. The lowest BCUT2D eigenvalue weighted by Gasteiger charge is -2.27. The van der Waals surface area contributed by atoms with E-state index in [1.54, 1.807) is 24.3 Å². The van der Waals surface area contributed by atoms with Crippen LogP contribution in [0.4, 0.5) is 0 Å². The summed E-state index contributed by atoms with van der Waals surface area (Å²) in [5, 5.41) is 0. The Labute approximate surface area is 181 Å². The number of esters is 1. The van der Waals surface area contributed by atoms with Crippen LogP contribution < -0.4 is 10.5 Å². The van der Waals surface area contributed by atoms with Crippen molar-refractivity contribution in [3.8, 4) is 5.75 Å². The highest BCUT2D eigenvalue weighted by Crippen LogP contribution is 2.35. The lowest BCUT2D eigenvalue weighted by molar-refractivity contribution is -0.135. The van der Waals surface area contributed by atoms with Gasteiger partial charge in [0.25, 0.3) is 0 Å². The van der Waals surface area contributed by atoms with E-state index in [0.717, 1.165) is 5.56 Å². The van der Waals surface area contributed by atoms with Crippen molar-refractivity contribution in [3.05, 3.63) is 65.2 Å². The molecular formula is C26H37NO3. The molecule has 30 heavy (non-hydrogen) atoms. The molecule has 0 spiro atoms. The monoisotopic (exact) mass is 411 g/mol. The first-order valence-electron chi connectivity index (χ1n) is 10.4. The van der Waals surface area contributed by atoms with E-state index < -0.39 is 0 Å². The second-order valence-corrected chi connectivity index (χ2v) is 10.0. The van der Waals surface area contributed by atoms with Crippen LogP contribution >= 0.6 is 0 Å². The minimum absolute atomic E-state index is 0.0608. The van der Waals surface area contributed by atoms with E-state index >= 15 is 0 Å². The van der Waals surface area contributed by atoms with Gasteiger partial charge in [0.05, 0.1) is 0 Å². The van der Waals surface area contributed by atoms with Crippen LogP contribution in [0.5, 0.6) is 5.75 Å². The molecule has 0 fully saturated rings. The molecule has 0 radical (unpaired) electrons. The number of carbonyl (C=O) groups excluding carboxylic acids is 2. The molecule has 4 heteroatoms. The summed E-state index contributed by atoms with van der Waals surface area (Å²) in [4.78, 5) is 22.4. The Balaban J connectivity index is 0.000000414. The van der Waals surface area contributed by atoms with Gasteiger partial charge in [0.15, 0.2) is 0 Å². The first-order chi connectivity index (χ1) is 13.7. The van der Waals surface area contributed by atoms with Crippen LogP contribution in [-0.4, -0.2) is 11.9 Å². The summed E-state index contributed by atoms with van der Waals surface area (Å²) in [7, 11) is 0. The Morgan fingerprint density at radius 2 is 1.47 bits per heavy atom. The van der Waals surface area contributed by atoms with Crippen LogP contribution in [0.15, 0.2) is 48.5 Å². The van der Waals surface area contributed by atoms with Crippen LogP contribution in [0.1, 0.15) is 83.3 Å². The Bertz CT molecular complexity index is 841. The van der Waals surface area contributed by atoms with E-state index in [-0.39, 0.29) is 22.7 Å². The van der Waals surface area contributed by atoms with Gasteiger partial charge in [0, 0.05) is 17.5 Å². The number of primary amides is 1. The topological polar surface area (TPSA) is 69.4 Å². The van der Waals surface area contributed by atoms with E-state index in [1.165, 1.54) is 5.56 Å². The van der Waals surface area contributed by atoms with E-state index in [0.29, 0.717) is 23.7 Å². The SMILES string of the molecule is CC(C)CC(=O)Oc1ccc(C(C)(C)C)cc1C(C)(C)C.NC(=O)c1ccccc1. The zero-order valence-corrected chi connectivity index (χ0v) is 19.7. The van der Waals surface area contributed by atoms with Crippen LogP contribution in [0.25, 0.3) is 0 Å². The molecule has 0 aliphatic carbocycles. The third kappa shape index (κ3) is 8.40. The number of hydrogen-bond acceptors (Lipinski definition) is 3. The highest BCUT2D eigenvalue weighted by Gasteiger charge is 2.24. The molecule has 2 rings (SSSR count). The number of benzene rings is 2. The van der Waals surface area contributed by atoms with Crippen LogP contribution in [-0.2, 0) is 15.6 Å². The third-order valence-corrected chi connectivity index (χ3v) is 4.51. The van der Waals surface area contributed by atoms with E-state index in [2.05, 4.69) is 53.7 Å². The molecule has 164 valence electrons. The molecule has 2 aromatic carbocycles. The molecule has 0 saturated heterocycles. The van der Waals surface area contributed by atoms with Crippen molar-refractivity contribution in [1.29, 1.82) is 0 Å². The van der Waals surface area contributed by atoms with Gasteiger partial charge in [-0.25, -0.2) is 0 Å². The summed E-state index contributed by atoms with van der Waals surface area (Å²) >= 11 is 0. The largest absolute Gasteiger partial charge is 0.426 e. The third-order valence-electron chi connectivity index (χ3n) is 4.51. The zero-order chi connectivity index (χ0) is 23.1. The Kier molecular flexibility index (Phi) is 8.83. The lowest BCUT2D eigenvalue weighted by atomic mass is 9.80. The maximum Gasteiger partial charge on any atom is 0.311 e. The second-order valence-electron chi connectivity index (χ2n) is 10.0. The number of amides is 1. The number of hydrogen-bond donors (Lipinski definition) is 1. The number of rotatable bonds is 4. The average molecular weight is 412 g/mol. The van der Waals surface area contributed by atoms with Crippen molar-refractivity contribution in [3.63, 3.8) is 0 Å². The minimum Gasteiger partial charge on any atom is -0.426 e. The Hall–Kier alpha value is -2.62. The summed E-state index contributed by atoms with van der Waals surface area (Å²) in [6, 6.07) is 14.9. The molecule has 0 aliphatic heterocycles. The standard InChI is InChI=1S/C19H30O2.C7H7NO/c1-13(2)11-17(20)21-16-10-9-14(18(3,4)5)12-15(16)19(6,7)8;8-7(9)6-4-2-1-3-5-6/h9-10,12-13H,11H2,1-8H3;1-5H,(H2,8,9). The summed E-state index contributed by atoms with van der Waals surface area (Å²) < 4.78 is 5.61. The average Bonchev–Trinajstić information content (AvgIpc) is 2.60. The Morgan fingerprint density at radius 3 is 1.87 bits per heavy atom. The van der Waals surface area contributed by atoms with Gasteiger partial charge < -0.3 is 10.5 Å². The summed E-state index contributed by atoms with van der Waals surface area (Å²) in [5.74, 6) is 0.472. The van der Waals surface area contributed by atoms with Crippen molar-refractivity contribution >= 4 is 11.9 Å². The van der Waals surface area contributed by atoms with Crippen molar-refractivity contribution < 1.29 is 14.3 Å². The van der Waals surface area contributed by atoms with Gasteiger partial charge >= 0.3 is 5.97 Å². The van der Waals surface area contributed by atoms with E-state index in [9.17, 15) is 9.59 Å². The van der Waals surface area contributed by atoms with E-state index in [4.69, 9.17) is 10.5 Å². The van der Waals surface area contributed by atoms with Gasteiger partial charge in [0.1, 0.15) is 5.75 Å². The molecule has 4 nitrogen and oxygen atoms in total. The molecule has 0 atom stereocenters. The first-order valence-corrected chi connectivity index (χ1v) is 10.4. The molecule has 2 N–H and O–H groups in total. The maximum absolute atomic E-state index is 12.0. The maximum atomic E-state index is 12.0. The second kappa shape index (κ2) is 10.4. The Morgan fingerprint density at radius 1 is 0.900 bits per heavy atom. The fraction of sp³-hybridized carbons (Fsp3) is 0.462. The van der Waals surface area contributed by atoms with Crippen molar-refractivity contribution in [2.75, 3.05) is 0 Å². The van der Waals surface area contributed by atoms with Gasteiger partial charge in [-0.05, 0) is 40.5 Å². The van der Waals surface area contributed by atoms with Crippen LogP contribution in [0.3, 0.4) is 0 Å². The summed E-state index contributed by atoms with van der Waals surface area (Å²) in [6.07, 6.45) is 0.449. The quantitative estimate of drug-likeness (QED) is 0.494. The van der Waals surface area contributed by atoms with Crippen molar-refractivity contribution in [2.24, 2.45) is 11.7 Å². The van der Waals surface area contributed by atoms with Gasteiger partial charge in [-0.2, -0.15) is 0 Å². The van der Waals surface area contributed by atoms with Gasteiger partial charge in [-0.15, -0.1) is 0 Å². The molecule has 0 aliphatic rings. The molecule has 0 bridgehead atoms. The molecule has 0 heterocycles. The predicted molar refractivity (Wildman–Crippen MR) is 124 cm³/mol. The van der Waals surface area contributed by atoms with Crippen molar-refractivity contribution in [1.82, 2.24) is 0 Å². The van der Waals surface area contributed by atoms with Crippen LogP contribution in [0, 0.1) is 5.92 Å². The number of ether oxygens (including phenoxy) is 1. The number of nitrogens with two attached hydrogens (primary N) is 1. The molecule has 2 aromatic rings. The fourth-order valence-corrected chi connectivity index (χ4v) is 2.77. The molecule has 1 amide bonds. The number of carbonyl (C=O) groups is 2. The molecular weight excluding hydrogens is 374 g/mol. The predicted octanol–water partition coefficient (Wildman–Crippen LogP) is 6.02. The molecule has 0 saturated carbocycles. The minimum atomic E-state index is -0.379. The van der Waals surface area contributed by atoms with Gasteiger partial charge in [-0.3, -0.25) is 9.59 Å². The first kappa shape index (κ1) is 25.4. The van der Waals surface area contributed by atoms with E-state index in [1.807, 2.05) is 26.0 Å². The summed E-state index contributed by atoms with van der Waals surface area (Å²) in [6.45, 7) is 17.1. The van der Waals surface area contributed by atoms with Gasteiger partial charge in [0.2, 0.25) is 5.91 Å². The zero-order valence-electron chi connectivity index (χ0n) is 19.7. The molecule has 0 aromatic heterocycles. The normalized spacial score (nSPS) is 11.5. The highest BCUT2D eigenvalue weighted by atomic mass is 16.5. The van der Waals surface area contributed by atoms with Crippen LogP contribution in [0.2, 0.25) is 0 Å². The smallest absolute Gasteiger partial charge is 0.311 e. The van der Waals surface area contributed by atoms with Gasteiger partial charge in [-0.1, -0.05) is 85.7 Å². The summed E-state index contributed by atoms with van der Waals surface area (Å²) in [5.41, 5.74) is 7.90. The molecule has 0 unspecified atom stereocenters. The van der Waals surface area contributed by atoms with Crippen molar-refractivity contribution in [2.45, 2.75) is 72.6 Å².